The summed E-state index contributed by atoms with van der Waals surface area (Å²) in [5.41, 5.74) is -0.449. The fourth-order valence-corrected chi connectivity index (χ4v) is 2.03. The largest absolute Gasteiger partial charge is 0.416 e. The van der Waals surface area contributed by atoms with Gasteiger partial charge in [0, 0.05) is 18.1 Å². The fraction of sp³-hybridized carbons (Fsp3) is 0.154. The third kappa shape index (κ3) is 4.75. The Morgan fingerprint density at radius 1 is 1.14 bits per heavy atom. The number of rotatable bonds is 4. The third-order valence-corrected chi connectivity index (χ3v) is 3.25. The molecule has 0 atom stereocenters. The van der Waals surface area contributed by atoms with Crippen molar-refractivity contribution in [2.45, 2.75) is 11.3 Å². The number of alkyl halides is 3. The topological polar surface area (TPSA) is 54.9 Å². The highest BCUT2D eigenvalue weighted by Gasteiger charge is 2.29. The van der Waals surface area contributed by atoms with Crippen LogP contribution in [-0.4, -0.2) is 21.6 Å². The number of nitrogens with one attached hydrogen (secondary N) is 1. The highest BCUT2D eigenvalue weighted by atomic mass is 32.2. The molecule has 2 rings (SSSR count). The summed E-state index contributed by atoms with van der Waals surface area (Å²) in [6, 6.07) is 5.92. The number of hydrogen-bond acceptors (Lipinski definition) is 4. The molecule has 1 heterocycles. The third-order valence-electron chi connectivity index (χ3n) is 2.37. The number of halogens is 3. The van der Waals surface area contributed by atoms with Gasteiger partial charge in [0.2, 0.25) is 5.91 Å². The van der Waals surface area contributed by atoms with Gasteiger partial charge >= 0.3 is 6.18 Å². The molecule has 0 spiro atoms. The molecule has 21 heavy (non-hydrogen) atoms. The van der Waals surface area contributed by atoms with Crippen molar-refractivity contribution in [3.05, 3.63) is 48.3 Å². The molecule has 0 bridgehead atoms. The van der Waals surface area contributed by atoms with Gasteiger partial charge in [-0.05, 0) is 30.3 Å². The second-order valence-corrected chi connectivity index (χ2v) is 4.89. The van der Waals surface area contributed by atoms with E-state index in [4.69, 9.17) is 0 Å². The van der Waals surface area contributed by atoms with Crippen LogP contribution in [0.2, 0.25) is 0 Å². The Morgan fingerprint density at radius 2 is 1.76 bits per heavy atom. The van der Waals surface area contributed by atoms with Crippen LogP contribution in [0.15, 0.2) is 47.9 Å². The standard InChI is InChI=1S/C13H10F3N3OS/c14-13(15,16)9-2-4-10(5-3-9)19-11(20)8-21-12-17-6-1-7-18-12/h1-7H,8H2,(H,19,20). The van der Waals surface area contributed by atoms with Crippen molar-refractivity contribution in [3.8, 4) is 0 Å². The summed E-state index contributed by atoms with van der Waals surface area (Å²) in [5.74, 6) is -0.266. The van der Waals surface area contributed by atoms with E-state index in [1.807, 2.05) is 0 Å². The van der Waals surface area contributed by atoms with E-state index in [1.54, 1.807) is 18.5 Å². The molecule has 110 valence electrons. The van der Waals surface area contributed by atoms with E-state index in [0.29, 0.717) is 10.8 Å². The number of nitrogens with zero attached hydrogens (tertiary/aromatic N) is 2. The Balaban J connectivity index is 1.88. The van der Waals surface area contributed by atoms with Crippen LogP contribution in [0.1, 0.15) is 5.56 Å². The first kappa shape index (κ1) is 15.3. The number of carbonyl (C=O) groups is 1. The highest BCUT2D eigenvalue weighted by Crippen LogP contribution is 2.29. The Bertz CT molecular complexity index is 602. The maximum Gasteiger partial charge on any atom is 0.416 e. The summed E-state index contributed by atoms with van der Waals surface area (Å²) >= 11 is 1.14. The van der Waals surface area contributed by atoms with Gasteiger partial charge in [0.05, 0.1) is 11.3 Å². The van der Waals surface area contributed by atoms with Crippen molar-refractivity contribution in [2.75, 3.05) is 11.1 Å². The molecular formula is C13H10F3N3OS. The van der Waals surface area contributed by atoms with Gasteiger partial charge in [0.1, 0.15) is 0 Å². The molecule has 4 nitrogen and oxygen atoms in total. The van der Waals surface area contributed by atoms with Crippen LogP contribution in [0.4, 0.5) is 18.9 Å². The number of aromatic nitrogens is 2. The van der Waals surface area contributed by atoms with Gasteiger partial charge in [0.15, 0.2) is 5.16 Å². The van der Waals surface area contributed by atoms with Gasteiger partial charge in [-0.25, -0.2) is 9.97 Å². The lowest BCUT2D eigenvalue weighted by molar-refractivity contribution is -0.137. The second kappa shape index (κ2) is 6.57. The van der Waals surface area contributed by atoms with E-state index in [-0.39, 0.29) is 11.7 Å². The number of hydrogen-bond donors (Lipinski definition) is 1. The molecule has 1 aromatic heterocycles. The molecule has 0 saturated heterocycles. The summed E-state index contributed by atoms with van der Waals surface area (Å²) in [5, 5.41) is 2.97. The highest BCUT2D eigenvalue weighted by molar-refractivity contribution is 7.99. The van der Waals surface area contributed by atoms with Crippen molar-refractivity contribution < 1.29 is 18.0 Å². The average Bonchev–Trinajstić information content (AvgIpc) is 2.46. The number of anilines is 1. The Hall–Kier alpha value is -2.09. The summed E-state index contributed by atoms with van der Waals surface area (Å²) in [7, 11) is 0. The molecule has 1 aromatic carbocycles. The van der Waals surface area contributed by atoms with Gasteiger partial charge in [-0.3, -0.25) is 4.79 Å². The van der Waals surface area contributed by atoms with Crippen LogP contribution >= 0.6 is 11.8 Å². The lowest BCUT2D eigenvalue weighted by Crippen LogP contribution is -2.14. The first-order valence-electron chi connectivity index (χ1n) is 5.82. The van der Waals surface area contributed by atoms with E-state index in [0.717, 1.165) is 23.9 Å². The van der Waals surface area contributed by atoms with E-state index in [2.05, 4.69) is 15.3 Å². The summed E-state index contributed by atoms with van der Waals surface area (Å²) < 4.78 is 37.2. The van der Waals surface area contributed by atoms with E-state index in [1.165, 1.54) is 12.1 Å². The van der Waals surface area contributed by atoms with Gasteiger partial charge in [-0.1, -0.05) is 11.8 Å². The molecule has 0 fully saturated rings. The predicted molar refractivity (Wildman–Crippen MR) is 72.8 cm³/mol. The van der Waals surface area contributed by atoms with Gasteiger partial charge in [0.25, 0.3) is 0 Å². The van der Waals surface area contributed by atoms with Crippen molar-refractivity contribution in [1.82, 2.24) is 9.97 Å². The Morgan fingerprint density at radius 3 is 2.33 bits per heavy atom. The maximum absolute atomic E-state index is 12.4. The maximum atomic E-state index is 12.4. The molecule has 0 saturated carbocycles. The summed E-state index contributed by atoms with van der Waals surface area (Å²) in [6.07, 6.45) is -1.27. The van der Waals surface area contributed by atoms with E-state index < -0.39 is 11.7 Å². The van der Waals surface area contributed by atoms with Crippen molar-refractivity contribution >= 4 is 23.4 Å². The monoisotopic (exact) mass is 313 g/mol. The first-order chi connectivity index (χ1) is 9.95. The molecule has 1 amide bonds. The Kier molecular flexibility index (Phi) is 4.79. The number of carbonyl (C=O) groups excluding carboxylic acids is 1. The minimum atomic E-state index is -4.39. The molecule has 2 aromatic rings. The molecule has 0 aliphatic carbocycles. The van der Waals surface area contributed by atoms with Crippen LogP contribution in [0.25, 0.3) is 0 Å². The molecule has 1 N–H and O–H groups in total. The lowest BCUT2D eigenvalue weighted by atomic mass is 10.2. The quantitative estimate of drug-likeness (QED) is 0.695. The first-order valence-corrected chi connectivity index (χ1v) is 6.80. The summed E-state index contributed by atoms with van der Waals surface area (Å²) in [4.78, 5) is 19.5. The molecule has 0 aliphatic rings. The normalized spacial score (nSPS) is 11.2. The lowest BCUT2D eigenvalue weighted by Gasteiger charge is -2.08. The van der Waals surface area contributed by atoms with Crippen molar-refractivity contribution in [3.63, 3.8) is 0 Å². The fourth-order valence-electron chi connectivity index (χ4n) is 1.43. The second-order valence-electron chi connectivity index (χ2n) is 3.94. The Labute approximate surface area is 122 Å². The van der Waals surface area contributed by atoms with Crippen LogP contribution in [0, 0.1) is 0 Å². The zero-order valence-electron chi connectivity index (χ0n) is 10.6. The smallest absolute Gasteiger partial charge is 0.325 e. The molecule has 0 unspecified atom stereocenters. The minimum absolute atomic E-state index is 0.0744. The number of thioether (sulfide) groups is 1. The van der Waals surface area contributed by atoms with Crippen LogP contribution in [0.5, 0.6) is 0 Å². The molecule has 8 heteroatoms. The van der Waals surface area contributed by atoms with Crippen LogP contribution < -0.4 is 5.32 Å². The van der Waals surface area contributed by atoms with Gasteiger partial charge < -0.3 is 5.32 Å². The average molecular weight is 313 g/mol. The zero-order valence-corrected chi connectivity index (χ0v) is 11.4. The summed E-state index contributed by atoms with van der Waals surface area (Å²) in [6.45, 7) is 0. The van der Waals surface area contributed by atoms with Gasteiger partial charge in [-0.15, -0.1) is 0 Å². The number of amides is 1. The van der Waals surface area contributed by atoms with Gasteiger partial charge in [-0.2, -0.15) is 13.2 Å². The van der Waals surface area contributed by atoms with E-state index >= 15 is 0 Å². The van der Waals surface area contributed by atoms with Crippen molar-refractivity contribution in [2.24, 2.45) is 0 Å². The number of benzene rings is 1. The minimum Gasteiger partial charge on any atom is -0.325 e. The molecular weight excluding hydrogens is 303 g/mol. The SMILES string of the molecule is O=C(CSc1ncccn1)Nc1ccc(C(F)(F)F)cc1. The molecule has 0 aliphatic heterocycles. The molecule has 0 radical (unpaired) electrons. The zero-order chi connectivity index (χ0) is 15.3. The van der Waals surface area contributed by atoms with Crippen molar-refractivity contribution in [1.29, 1.82) is 0 Å². The van der Waals surface area contributed by atoms with Crippen LogP contribution in [0.3, 0.4) is 0 Å². The van der Waals surface area contributed by atoms with E-state index in [9.17, 15) is 18.0 Å². The predicted octanol–water partition coefficient (Wildman–Crippen LogP) is 3.23. The van der Waals surface area contributed by atoms with Crippen LogP contribution in [-0.2, 0) is 11.0 Å².